The van der Waals surface area contributed by atoms with Gasteiger partial charge in [-0.05, 0) is 46.2 Å². The second-order valence-electron chi connectivity index (χ2n) is 4.30. The molecule has 0 amide bonds. The number of hydrogen-bond donors (Lipinski definition) is 0. The van der Waals surface area contributed by atoms with Crippen LogP contribution in [-0.2, 0) is 9.53 Å². The summed E-state index contributed by atoms with van der Waals surface area (Å²) < 4.78 is 4.54. The van der Waals surface area contributed by atoms with Crippen LogP contribution in [-0.4, -0.2) is 24.8 Å². The van der Waals surface area contributed by atoms with Crippen LogP contribution in [0.2, 0.25) is 0 Å². The maximum Gasteiger partial charge on any atom is 0.305 e. The van der Waals surface area contributed by atoms with E-state index in [0.717, 1.165) is 19.3 Å². The molecule has 0 heterocycles. The molecule has 0 atom stereocenters. The maximum atomic E-state index is 10.7. The highest BCUT2D eigenvalue weighted by Crippen LogP contribution is 2.06. The van der Waals surface area contributed by atoms with E-state index in [0.29, 0.717) is 6.42 Å². The summed E-state index contributed by atoms with van der Waals surface area (Å²) >= 11 is 0. The van der Waals surface area contributed by atoms with Crippen molar-refractivity contribution in [2.75, 3.05) is 7.11 Å². The average molecular weight is 199 g/mol. The molecule has 0 aromatic heterocycles. The van der Waals surface area contributed by atoms with Gasteiger partial charge in [0.05, 0.1) is 12.6 Å². The van der Waals surface area contributed by atoms with Crippen molar-refractivity contribution >= 4 is 12.2 Å². The molecule has 0 aliphatic rings. The third-order valence-electron chi connectivity index (χ3n) is 1.67. The molecule has 3 nitrogen and oxygen atoms in total. The normalized spacial score (nSPS) is 12.0. The van der Waals surface area contributed by atoms with E-state index in [-0.39, 0.29) is 11.5 Å². The standard InChI is InChI=1S/C11H21NO2/c1-11(2,3)12-9-7-5-6-8-10(13)14-4/h9H,5-8H2,1-4H3. The van der Waals surface area contributed by atoms with E-state index in [9.17, 15) is 4.79 Å². The van der Waals surface area contributed by atoms with Gasteiger partial charge in [-0.2, -0.15) is 0 Å². The quantitative estimate of drug-likeness (QED) is 0.388. The van der Waals surface area contributed by atoms with E-state index in [1.807, 2.05) is 6.21 Å². The molecule has 0 aliphatic carbocycles. The molecule has 0 aliphatic heterocycles. The third-order valence-corrected chi connectivity index (χ3v) is 1.67. The smallest absolute Gasteiger partial charge is 0.305 e. The summed E-state index contributed by atoms with van der Waals surface area (Å²) in [6.07, 6.45) is 5.27. The fourth-order valence-electron chi connectivity index (χ4n) is 0.945. The number of aliphatic imine (C=N–C) groups is 1. The van der Waals surface area contributed by atoms with Gasteiger partial charge >= 0.3 is 5.97 Å². The first-order chi connectivity index (χ1) is 6.45. The predicted octanol–water partition coefficient (Wildman–Crippen LogP) is 2.59. The molecule has 14 heavy (non-hydrogen) atoms. The SMILES string of the molecule is COC(=O)CCCCC=NC(C)(C)C. The Morgan fingerprint density at radius 3 is 2.50 bits per heavy atom. The summed E-state index contributed by atoms with van der Waals surface area (Å²) in [6.45, 7) is 6.20. The molecule has 0 fully saturated rings. The van der Waals surface area contributed by atoms with Gasteiger partial charge in [-0.1, -0.05) is 0 Å². The summed E-state index contributed by atoms with van der Waals surface area (Å²) in [6, 6.07) is 0. The molecule has 0 aromatic carbocycles. The Morgan fingerprint density at radius 1 is 1.36 bits per heavy atom. The van der Waals surface area contributed by atoms with Gasteiger partial charge in [0.2, 0.25) is 0 Å². The summed E-state index contributed by atoms with van der Waals surface area (Å²) in [5.41, 5.74) is 0.0162. The second kappa shape index (κ2) is 6.57. The monoisotopic (exact) mass is 199 g/mol. The van der Waals surface area contributed by atoms with E-state index in [1.54, 1.807) is 0 Å². The van der Waals surface area contributed by atoms with Crippen LogP contribution in [0.4, 0.5) is 0 Å². The predicted molar refractivity (Wildman–Crippen MR) is 58.7 cm³/mol. The van der Waals surface area contributed by atoms with Gasteiger partial charge in [-0.25, -0.2) is 0 Å². The van der Waals surface area contributed by atoms with E-state index in [2.05, 4.69) is 30.5 Å². The second-order valence-corrected chi connectivity index (χ2v) is 4.30. The molecule has 0 aromatic rings. The lowest BCUT2D eigenvalue weighted by atomic mass is 10.1. The minimum atomic E-state index is -0.127. The molecule has 0 rings (SSSR count). The zero-order valence-corrected chi connectivity index (χ0v) is 9.67. The number of nitrogens with zero attached hydrogens (tertiary/aromatic N) is 1. The number of unbranched alkanes of at least 4 members (excludes halogenated alkanes) is 2. The lowest BCUT2D eigenvalue weighted by molar-refractivity contribution is -0.140. The summed E-state index contributed by atoms with van der Waals surface area (Å²) in [5.74, 6) is -0.127. The minimum absolute atomic E-state index is 0.0162. The van der Waals surface area contributed by atoms with Crippen LogP contribution in [0.3, 0.4) is 0 Å². The molecule has 0 saturated carbocycles. The van der Waals surface area contributed by atoms with Crippen LogP contribution in [0.15, 0.2) is 4.99 Å². The molecule has 0 bridgehead atoms. The van der Waals surface area contributed by atoms with Crippen molar-refractivity contribution in [2.24, 2.45) is 4.99 Å². The van der Waals surface area contributed by atoms with Crippen LogP contribution < -0.4 is 0 Å². The summed E-state index contributed by atoms with van der Waals surface area (Å²) in [7, 11) is 1.42. The lowest BCUT2D eigenvalue weighted by Gasteiger charge is -2.10. The Balaban J connectivity index is 3.39. The number of methoxy groups -OCH3 is 1. The maximum absolute atomic E-state index is 10.7. The van der Waals surface area contributed by atoms with E-state index in [4.69, 9.17) is 0 Å². The number of ether oxygens (including phenoxy) is 1. The van der Waals surface area contributed by atoms with Crippen LogP contribution in [0.25, 0.3) is 0 Å². The van der Waals surface area contributed by atoms with Crippen LogP contribution in [0.1, 0.15) is 46.5 Å². The zero-order chi connectivity index (χ0) is 11.0. The number of carbonyl (C=O) groups is 1. The zero-order valence-electron chi connectivity index (χ0n) is 9.67. The Kier molecular flexibility index (Phi) is 6.17. The van der Waals surface area contributed by atoms with Crippen LogP contribution in [0, 0.1) is 0 Å². The molecular weight excluding hydrogens is 178 g/mol. The molecule has 0 N–H and O–H groups in total. The van der Waals surface area contributed by atoms with Gasteiger partial charge in [-0.3, -0.25) is 9.79 Å². The molecule has 82 valence electrons. The highest BCUT2D eigenvalue weighted by atomic mass is 16.5. The molecule has 0 saturated heterocycles. The molecule has 0 unspecified atom stereocenters. The summed E-state index contributed by atoms with van der Waals surface area (Å²) in [4.78, 5) is 15.1. The first kappa shape index (κ1) is 13.1. The number of rotatable bonds is 5. The van der Waals surface area contributed by atoms with Gasteiger partial charge in [0, 0.05) is 6.42 Å². The molecular formula is C11H21NO2. The van der Waals surface area contributed by atoms with Gasteiger partial charge < -0.3 is 4.74 Å². The van der Waals surface area contributed by atoms with Gasteiger partial charge in [0.15, 0.2) is 0 Å². The highest BCUT2D eigenvalue weighted by molar-refractivity contribution is 5.69. The Bertz CT molecular complexity index is 192. The number of carbonyl (C=O) groups excluding carboxylic acids is 1. The van der Waals surface area contributed by atoms with Crippen LogP contribution >= 0.6 is 0 Å². The van der Waals surface area contributed by atoms with Crippen molar-refractivity contribution in [3.63, 3.8) is 0 Å². The third kappa shape index (κ3) is 9.23. The van der Waals surface area contributed by atoms with Crippen molar-refractivity contribution in [2.45, 2.75) is 52.0 Å². The van der Waals surface area contributed by atoms with E-state index < -0.39 is 0 Å². The van der Waals surface area contributed by atoms with Gasteiger partial charge in [-0.15, -0.1) is 0 Å². The van der Waals surface area contributed by atoms with E-state index >= 15 is 0 Å². The van der Waals surface area contributed by atoms with E-state index in [1.165, 1.54) is 7.11 Å². The lowest BCUT2D eigenvalue weighted by Crippen LogP contribution is -2.09. The molecule has 3 heteroatoms. The molecule has 0 radical (unpaired) electrons. The highest BCUT2D eigenvalue weighted by Gasteiger charge is 2.04. The van der Waals surface area contributed by atoms with Crippen molar-refractivity contribution in [3.8, 4) is 0 Å². The average Bonchev–Trinajstić information content (AvgIpc) is 2.08. The number of esters is 1. The largest absolute Gasteiger partial charge is 0.469 e. The van der Waals surface area contributed by atoms with Crippen molar-refractivity contribution < 1.29 is 9.53 Å². The Hall–Kier alpha value is -0.860. The topological polar surface area (TPSA) is 38.7 Å². The summed E-state index contributed by atoms with van der Waals surface area (Å²) in [5, 5.41) is 0. The Morgan fingerprint density at radius 2 is 2.00 bits per heavy atom. The Labute approximate surface area is 86.6 Å². The van der Waals surface area contributed by atoms with Crippen molar-refractivity contribution in [1.82, 2.24) is 0 Å². The first-order valence-electron chi connectivity index (χ1n) is 5.06. The first-order valence-corrected chi connectivity index (χ1v) is 5.06. The van der Waals surface area contributed by atoms with Gasteiger partial charge in [0.1, 0.15) is 0 Å². The minimum Gasteiger partial charge on any atom is -0.469 e. The van der Waals surface area contributed by atoms with Crippen molar-refractivity contribution in [1.29, 1.82) is 0 Å². The fraction of sp³-hybridized carbons (Fsp3) is 0.818. The van der Waals surface area contributed by atoms with Crippen LogP contribution in [0.5, 0.6) is 0 Å². The van der Waals surface area contributed by atoms with Gasteiger partial charge in [0.25, 0.3) is 0 Å². The number of hydrogen-bond acceptors (Lipinski definition) is 3. The van der Waals surface area contributed by atoms with Crippen molar-refractivity contribution in [3.05, 3.63) is 0 Å². The fourth-order valence-corrected chi connectivity index (χ4v) is 0.945. The molecule has 0 spiro atoms.